The van der Waals surface area contributed by atoms with Gasteiger partial charge in [-0.25, -0.2) is 4.79 Å². The first kappa shape index (κ1) is 17.1. The number of pyridine rings is 1. The smallest absolute Gasteiger partial charge is 0.393 e. The van der Waals surface area contributed by atoms with E-state index in [-0.39, 0.29) is 16.9 Å². The minimum absolute atomic E-state index is 0.0214. The number of carbonyl (C=O) groups is 1. The van der Waals surface area contributed by atoms with Gasteiger partial charge in [-0.3, -0.25) is 4.98 Å². The van der Waals surface area contributed by atoms with Crippen molar-refractivity contribution in [3.8, 4) is 5.75 Å². The van der Waals surface area contributed by atoms with E-state index in [2.05, 4.69) is 4.98 Å². The van der Waals surface area contributed by atoms with E-state index in [1.54, 1.807) is 0 Å². The number of ether oxygens (including phenoxy) is 1. The Hall–Kier alpha value is -2.31. The van der Waals surface area contributed by atoms with Gasteiger partial charge in [0.25, 0.3) is 0 Å². The minimum Gasteiger partial charge on any atom is -0.493 e. The van der Waals surface area contributed by atoms with Gasteiger partial charge in [0.2, 0.25) is 0 Å². The molecule has 0 atom stereocenters. The van der Waals surface area contributed by atoms with Crippen molar-refractivity contribution in [2.24, 2.45) is 0 Å². The Morgan fingerprint density at radius 3 is 2.70 bits per heavy atom. The SMILES string of the molecule is CCCCOc1c(CC(F)(F)F)cnc2cc(C(=O)O)ccc12. The van der Waals surface area contributed by atoms with Crippen LogP contribution >= 0.6 is 0 Å². The number of aromatic nitrogens is 1. The van der Waals surface area contributed by atoms with Gasteiger partial charge in [-0.2, -0.15) is 13.2 Å². The Labute approximate surface area is 130 Å². The molecule has 1 N–H and O–H groups in total. The zero-order chi connectivity index (χ0) is 17.0. The first-order chi connectivity index (χ1) is 10.8. The topological polar surface area (TPSA) is 59.4 Å². The van der Waals surface area contributed by atoms with Crippen LogP contribution in [0.15, 0.2) is 24.4 Å². The molecule has 0 saturated heterocycles. The Balaban J connectivity index is 2.50. The van der Waals surface area contributed by atoms with Crippen LogP contribution in [0.25, 0.3) is 10.9 Å². The second-order valence-corrected chi connectivity index (χ2v) is 5.14. The fraction of sp³-hybridized carbons (Fsp3) is 0.375. The average molecular weight is 327 g/mol. The Morgan fingerprint density at radius 1 is 1.35 bits per heavy atom. The second kappa shape index (κ2) is 6.85. The lowest BCUT2D eigenvalue weighted by atomic mass is 10.1. The highest BCUT2D eigenvalue weighted by atomic mass is 19.4. The van der Waals surface area contributed by atoms with Gasteiger partial charge in [-0.1, -0.05) is 13.3 Å². The van der Waals surface area contributed by atoms with E-state index >= 15 is 0 Å². The van der Waals surface area contributed by atoms with E-state index in [0.29, 0.717) is 23.9 Å². The maximum Gasteiger partial charge on any atom is 0.393 e. The summed E-state index contributed by atoms with van der Waals surface area (Å²) in [5, 5.41) is 9.37. The molecular formula is C16H16F3NO3. The normalized spacial score (nSPS) is 11.7. The van der Waals surface area contributed by atoms with Crippen LogP contribution in [0.1, 0.15) is 35.7 Å². The van der Waals surface area contributed by atoms with Gasteiger partial charge in [-0.05, 0) is 24.6 Å². The standard InChI is InChI=1S/C16H16F3NO3/c1-2-3-6-23-14-11(8-16(17,18)19)9-20-13-7-10(15(21)22)4-5-12(13)14/h4-5,7,9H,2-3,6,8H2,1H3,(H,21,22). The number of halogens is 3. The van der Waals surface area contributed by atoms with Crippen LogP contribution in [-0.2, 0) is 6.42 Å². The van der Waals surface area contributed by atoms with Gasteiger partial charge in [-0.15, -0.1) is 0 Å². The minimum atomic E-state index is -4.38. The molecular weight excluding hydrogens is 311 g/mol. The zero-order valence-corrected chi connectivity index (χ0v) is 12.5. The van der Waals surface area contributed by atoms with Crippen molar-refractivity contribution in [2.75, 3.05) is 6.61 Å². The third-order valence-electron chi connectivity index (χ3n) is 3.28. The van der Waals surface area contributed by atoms with Crippen LogP contribution in [0.5, 0.6) is 5.75 Å². The number of fused-ring (bicyclic) bond motifs is 1. The molecule has 0 unspecified atom stereocenters. The Morgan fingerprint density at radius 2 is 2.09 bits per heavy atom. The number of hydrogen-bond donors (Lipinski definition) is 1. The summed E-state index contributed by atoms with van der Waals surface area (Å²) in [6, 6.07) is 4.09. The third kappa shape index (κ3) is 4.34. The zero-order valence-electron chi connectivity index (χ0n) is 12.5. The van der Waals surface area contributed by atoms with Crippen molar-refractivity contribution < 1.29 is 27.8 Å². The molecule has 0 bridgehead atoms. The van der Waals surface area contributed by atoms with Crippen LogP contribution < -0.4 is 4.74 Å². The summed E-state index contributed by atoms with van der Waals surface area (Å²) in [6.45, 7) is 2.24. The molecule has 1 aromatic carbocycles. The summed E-state index contributed by atoms with van der Waals surface area (Å²) in [5.74, 6) is -1.00. The van der Waals surface area contributed by atoms with Gasteiger partial charge < -0.3 is 9.84 Å². The maximum absolute atomic E-state index is 12.7. The lowest BCUT2D eigenvalue weighted by Gasteiger charge is -2.15. The average Bonchev–Trinajstić information content (AvgIpc) is 2.47. The number of benzene rings is 1. The molecule has 0 aliphatic heterocycles. The molecule has 23 heavy (non-hydrogen) atoms. The van der Waals surface area contributed by atoms with Crippen molar-refractivity contribution in [1.29, 1.82) is 0 Å². The molecule has 0 fully saturated rings. The molecule has 1 aromatic heterocycles. The van der Waals surface area contributed by atoms with Crippen LogP contribution in [0.2, 0.25) is 0 Å². The summed E-state index contributed by atoms with van der Waals surface area (Å²) in [6.07, 6.45) is -2.86. The molecule has 0 spiro atoms. The number of rotatable bonds is 6. The highest BCUT2D eigenvalue weighted by Gasteiger charge is 2.30. The third-order valence-corrected chi connectivity index (χ3v) is 3.28. The van der Waals surface area contributed by atoms with E-state index in [1.807, 2.05) is 6.92 Å². The van der Waals surface area contributed by atoms with Crippen molar-refractivity contribution in [3.05, 3.63) is 35.5 Å². The fourth-order valence-corrected chi connectivity index (χ4v) is 2.17. The van der Waals surface area contributed by atoms with Gasteiger partial charge in [0.15, 0.2) is 0 Å². The quantitative estimate of drug-likeness (QED) is 0.807. The number of unbranched alkanes of at least 4 members (excludes halogenated alkanes) is 1. The highest BCUT2D eigenvalue weighted by molar-refractivity contribution is 5.95. The first-order valence-corrected chi connectivity index (χ1v) is 7.16. The molecule has 0 radical (unpaired) electrons. The number of nitrogens with zero attached hydrogens (tertiary/aromatic N) is 1. The van der Waals surface area contributed by atoms with Crippen LogP contribution in [-0.4, -0.2) is 28.8 Å². The van der Waals surface area contributed by atoms with Crippen LogP contribution in [0.3, 0.4) is 0 Å². The molecule has 4 nitrogen and oxygen atoms in total. The lowest BCUT2D eigenvalue weighted by Crippen LogP contribution is -2.13. The van der Waals surface area contributed by atoms with E-state index in [0.717, 1.165) is 12.6 Å². The van der Waals surface area contributed by atoms with Crippen LogP contribution in [0, 0.1) is 0 Å². The molecule has 2 rings (SSSR count). The molecule has 0 aliphatic rings. The summed E-state index contributed by atoms with van der Waals surface area (Å²) < 4.78 is 43.7. The highest BCUT2D eigenvalue weighted by Crippen LogP contribution is 2.33. The molecule has 0 amide bonds. The maximum atomic E-state index is 12.7. The Kier molecular flexibility index (Phi) is 5.08. The number of aromatic carboxylic acids is 1. The van der Waals surface area contributed by atoms with E-state index in [1.165, 1.54) is 18.2 Å². The predicted octanol–water partition coefficient (Wildman–Crippen LogP) is 4.22. The van der Waals surface area contributed by atoms with Crippen molar-refractivity contribution in [1.82, 2.24) is 4.98 Å². The molecule has 0 saturated carbocycles. The van der Waals surface area contributed by atoms with Crippen molar-refractivity contribution in [2.45, 2.75) is 32.4 Å². The summed E-state index contributed by atoms with van der Waals surface area (Å²) in [5.41, 5.74) is 0.264. The monoisotopic (exact) mass is 327 g/mol. The number of carboxylic acids is 1. The van der Waals surface area contributed by atoms with Gasteiger partial charge in [0, 0.05) is 17.1 Å². The lowest BCUT2D eigenvalue weighted by molar-refractivity contribution is -0.127. The number of alkyl halides is 3. The van der Waals surface area contributed by atoms with Crippen LogP contribution in [0.4, 0.5) is 13.2 Å². The summed E-state index contributed by atoms with van der Waals surface area (Å²) in [4.78, 5) is 14.9. The van der Waals surface area contributed by atoms with E-state index in [9.17, 15) is 18.0 Å². The van der Waals surface area contributed by atoms with E-state index in [4.69, 9.17) is 9.84 Å². The number of hydrogen-bond acceptors (Lipinski definition) is 3. The fourth-order valence-electron chi connectivity index (χ4n) is 2.17. The summed E-state index contributed by atoms with van der Waals surface area (Å²) in [7, 11) is 0. The number of carboxylic acid groups (broad SMARTS) is 1. The first-order valence-electron chi connectivity index (χ1n) is 7.16. The van der Waals surface area contributed by atoms with Gasteiger partial charge >= 0.3 is 12.1 Å². The molecule has 0 aliphatic carbocycles. The van der Waals surface area contributed by atoms with Gasteiger partial charge in [0.1, 0.15) is 5.75 Å². The van der Waals surface area contributed by atoms with Crippen molar-refractivity contribution in [3.63, 3.8) is 0 Å². The molecule has 7 heteroatoms. The summed E-state index contributed by atoms with van der Waals surface area (Å²) >= 11 is 0. The predicted molar refractivity (Wildman–Crippen MR) is 78.9 cm³/mol. The molecule has 124 valence electrons. The van der Waals surface area contributed by atoms with Crippen molar-refractivity contribution >= 4 is 16.9 Å². The second-order valence-electron chi connectivity index (χ2n) is 5.14. The molecule has 2 aromatic rings. The molecule has 1 heterocycles. The Bertz CT molecular complexity index is 714. The largest absolute Gasteiger partial charge is 0.493 e. The van der Waals surface area contributed by atoms with E-state index < -0.39 is 18.6 Å². The van der Waals surface area contributed by atoms with Gasteiger partial charge in [0.05, 0.1) is 24.1 Å².